The molecule has 0 aromatic heterocycles. The molecule has 0 N–H and O–H groups in total. The Morgan fingerprint density at radius 3 is 1.90 bits per heavy atom. The van der Waals surface area contributed by atoms with Gasteiger partial charge in [0.1, 0.15) is 5.75 Å². The van der Waals surface area contributed by atoms with E-state index in [-0.39, 0.29) is 11.9 Å². The predicted molar refractivity (Wildman–Crippen MR) is 120 cm³/mol. The highest BCUT2D eigenvalue weighted by Gasteiger charge is 2.28. The Labute approximate surface area is 178 Å². The predicted octanol–water partition coefficient (Wildman–Crippen LogP) is 4.55. The van der Waals surface area contributed by atoms with E-state index in [1.165, 1.54) is 11.1 Å². The molecule has 4 heteroatoms. The van der Waals surface area contributed by atoms with Crippen LogP contribution >= 0.6 is 0 Å². The molecule has 0 saturated carbocycles. The van der Waals surface area contributed by atoms with Crippen LogP contribution in [-0.4, -0.2) is 49.0 Å². The van der Waals surface area contributed by atoms with Gasteiger partial charge in [0.05, 0.1) is 13.2 Å². The second-order valence-electron chi connectivity index (χ2n) is 7.74. The first-order chi connectivity index (χ1) is 14.7. The van der Waals surface area contributed by atoms with Crippen molar-refractivity contribution in [2.24, 2.45) is 0 Å². The maximum atomic E-state index is 13.0. The van der Waals surface area contributed by atoms with Crippen molar-refractivity contribution in [3.63, 3.8) is 0 Å². The van der Waals surface area contributed by atoms with Gasteiger partial charge >= 0.3 is 0 Å². The molecule has 0 unspecified atom stereocenters. The zero-order valence-electron chi connectivity index (χ0n) is 17.6. The number of methoxy groups -OCH3 is 1. The summed E-state index contributed by atoms with van der Waals surface area (Å²) < 4.78 is 5.32. The minimum Gasteiger partial charge on any atom is -0.496 e. The highest BCUT2D eigenvalue weighted by atomic mass is 16.5. The van der Waals surface area contributed by atoms with Crippen molar-refractivity contribution in [1.82, 2.24) is 9.80 Å². The normalized spacial score (nSPS) is 14.7. The number of carbonyl (C=O) groups is 1. The minimum atomic E-state index is 0.0939. The summed E-state index contributed by atoms with van der Waals surface area (Å²) in [7, 11) is 1.65. The van der Waals surface area contributed by atoms with Gasteiger partial charge in [-0.3, -0.25) is 9.69 Å². The maximum absolute atomic E-state index is 13.0. The van der Waals surface area contributed by atoms with Gasteiger partial charge in [0, 0.05) is 31.7 Å². The van der Waals surface area contributed by atoms with Crippen molar-refractivity contribution < 1.29 is 9.53 Å². The summed E-state index contributed by atoms with van der Waals surface area (Å²) in [4.78, 5) is 17.5. The van der Waals surface area contributed by atoms with Gasteiger partial charge in [-0.2, -0.15) is 0 Å². The van der Waals surface area contributed by atoms with E-state index in [1.54, 1.807) is 7.11 Å². The van der Waals surface area contributed by atoms with Crippen LogP contribution in [0.5, 0.6) is 5.75 Å². The topological polar surface area (TPSA) is 32.8 Å². The first-order valence-electron chi connectivity index (χ1n) is 10.4. The molecule has 3 aromatic rings. The van der Waals surface area contributed by atoms with Crippen LogP contribution in [0, 0.1) is 6.92 Å². The summed E-state index contributed by atoms with van der Waals surface area (Å²) in [6.45, 7) is 5.10. The SMILES string of the molecule is COc1ccc(C(=O)N2CCN(C(c3ccccc3)c3ccccc3)CC2)cc1C. The summed E-state index contributed by atoms with van der Waals surface area (Å²) in [5.41, 5.74) is 4.28. The van der Waals surface area contributed by atoms with E-state index >= 15 is 0 Å². The highest BCUT2D eigenvalue weighted by molar-refractivity contribution is 5.94. The number of carbonyl (C=O) groups excluding carboxylic acids is 1. The van der Waals surface area contributed by atoms with Crippen molar-refractivity contribution in [3.05, 3.63) is 101 Å². The quantitative estimate of drug-likeness (QED) is 0.630. The molecule has 0 atom stereocenters. The van der Waals surface area contributed by atoms with Crippen LogP contribution in [0.4, 0.5) is 0 Å². The molecule has 4 rings (SSSR count). The molecule has 0 spiro atoms. The zero-order valence-corrected chi connectivity index (χ0v) is 17.6. The third-order valence-corrected chi connectivity index (χ3v) is 5.84. The average Bonchev–Trinajstić information content (AvgIpc) is 2.81. The van der Waals surface area contributed by atoms with E-state index in [4.69, 9.17) is 4.74 Å². The van der Waals surface area contributed by atoms with E-state index in [0.29, 0.717) is 0 Å². The summed E-state index contributed by atoms with van der Waals surface area (Å²) in [6.07, 6.45) is 0. The van der Waals surface area contributed by atoms with Crippen molar-refractivity contribution >= 4 is 5.91 Å². The van der Waals surface area contributed by atoms with Crippen molar-refractivity contribution in [2.75, 3.05) is 33.3 Å². The molecule has 154 valence electrons. The third kappa shape index (κ3) is 4.24. The van der Waals surface area contributed by atoms with Gasteiger partial charge in [-0.25, -0.2) is 0 Å². The second-order valence-corrected chi connectivity index (χ2v) is 7.74. The highest BCUT2D eigenvalue weighted by Crippen LogP contribution is 2.29. The number of aryl methyl sites for hydroxylation is 1. The van der Waals surface area contributed by atoms with Crippen LogP contribution in [0.1, 0.15) is 33.1 Å². The lowest BCUT2D eigenvalue weighted by atomic mass is 9.96. The lowest BCUT2D eigenvalue weighted by Gasteiger charge is -2.39. The van der Waals surface area contributed by atoms with Crippen molar-refractivity contribution in [2.45, 2.75) is 13.0 Å². The lowest BCUT2D eigenvalue weighted by molar-refractivity contribution is 0.0597. The molecule has 1 saturated heterocycles. The van der Waals surface area contributed by atoms with E-state index < -0.39 is 0 Å². The zero-order chi connectivity index (χ0) is 20.9. The molecule has 1 heterocycles. The lowest BCUT2D eigenvalue weighted by Crippen LogP contribution is -2.49. The standard InChI is InChI=1S/C26H28N2O2/c1-20-19-23(13-14-24(20)30-2)26(29)28-17-15-27(16-18-28)25(21-9-5-3-6-10-21)22-11-7-4-8-12-22/h3-14,19,25H,15-18H2,1-2H3. The number of hydrogen-bond acceptors (Lipinski definition) is 3. The number of piperazine rings is 1. The summed E-state index contributed by atoms with van der Waals surface area (Å²) in [5.74, 6) is 0.904. The number of nitrogens with zero attached hydrogens (tertiary/aromatic N) is 2. The van der Waals surface area contributed by atoms with Crippen LogP contribution in [0.15, 0.2) is 78.9 Å². The van der Waals surface area contributed by atoms with Gasteiger partial charge in [-0.05, 0) is 41.8 Å². The first kappa shape index (κ1) is 20.2. The Morgan fingerprint density at radius 1 is 0.833 bits per heavy atom. The molecule has 30 heavy (non-hydrogen) atoms. The molecule has 0 bridgehead atoms. The van der Waals surface area contributed by atoms with E-state index in [1.807, 2.05) is 30.0 Å². The van der Waals surface area contributed by atoms with Crippen LogP contribution in [0.25, 0.3) is 0 Å². The second kappa shape index (κ2) is 9.14. The Kier molecular flexibility index (Phi) is 6.15. The first-order valence-corrected chi connectivity index (χ1v) is 10.4. The number of rotatable bonds is 5. The van der Waals surface area contributed by atoms with Crippen molar-refractivity contribution in [1.29, 1.82) is 0 Å². The fourth-order valence-corrected chi connectivity index (χ4v) is 4.26. The number of ether oxygens (including phenoxy) is 1. The molecule has 1 aliphatic rings. The van der Waals surface area contributed by atoms with E-state index in [2.05, 4.69) is 65.6 Å². The van der Waals surface area contributed by atoms with Crippen LogP contribution in [0.3, 0.4) is 0 Å². The molecular formula is C26H28N2O2. The fraction of sp³-hybridized carbons (Fsp3) is 0.269. The Hall–Kier alpha value is -3.11. The molecule has 1 aliphatic heterocycles. The molecule has 1 fully saturated rings. The molecule has 1 amide bonds. The summed E-state index contributed by atoms with van der Waals surface area (Å²) in [6, 6.07) is 27.1. The van der Waals surface area contributed by atoms with Gasteiger partial charge in [-0.15, -0.1) is 0 Å². The summed E-state index contributed by atoms with van der Waals surface area (Å²) in [5, 5.41) is 0. The number of amides is 1. The van der Waals surface area contributed by atoms with Gasteiger partial charge in [0.2, 0.25) is 0 Å². The minimum absolute atomic E-state index is 0.0939. The van der Waals surface area contributed by atoms with Gasteiger partial charge in [0.25, 0.3) is 5.91 Å². The van der Waals surface area contributed by atoms with Gasteiger partial charge < -0.3 is 9.64 Å². The van der Waals surface area contributed by atoms with Gasteiger partial charge in [-0.1, -0.05) is 60.7 Å². The van der Waals surface area contributed by atoms with Crippen molar-refractivity contribution in [3.8, 4) is 5.75 Å². The maximum Gasteiger partial charge on any atom is 0.253 e. The average molecular weight is 401 g/mol. The molecule has 0 radical (unpaired) electrons. The monoisotopic (exact) mass is 400 g/mol. The van der Waals surface area contributed by atoms with Crippen LogP contribution < -0.4 is 4.74 Å². The van der Waals surface area contributed by atoms with Crippen LogP contribution in [0.2, 0.25) is 0 Å². The fourth-order valence-electron chi connectivity index (χ4n) is 4.26. The Bertz CT molecular complexity index is 941. The molecule has 0 aliphatic carbocycles. The molecule has 3 aromatic carbocycles. The largest absolute Gasteiger partial charge is 0.496 e. The third-order valence-electron chi connectivity index (χ3n) is 5.84. The Balaban J connectivity index is 1.49. The van der Waals surface area contributed by atoms with E-state index in [9.17, 15) is 4.79 Å². The number of benzene rings is 3. The Morgan fingerprint density at radius 2 is 1.40 bits per heavy atom. The summed E-state index contributed by atoms with van der Waals surface area (Å²) >= 11 is 0. The molecular weight excluding hydrogens is 372 g/mol. The van der Waals surface area contributed by atoms with Crippen LogP contribution in [-0.2, 0) is 0 Å². The smallest absolute Gasteiger partial charge is 0.253 e. The van der Waals surface area contributed by atoms with Gasteiger partial charge in [0.15, 0.2) is 0 Å². The molecule has 4 nitrogen and oxygen atoms in total. The number of hydrogen-bond donors (Lipinski definition) is 0. The van der Waals surface area contributed by atoms with E-state index in [0.717, 1.165) is 43.1 Å².